The third-order valence-corrected chi connectivity index (χ3v) is 5.89. The molecule has 3 amide bonds. The number of benzene rings is 1. The van der Waals surface area contributed by atoms with Gasteiger partial charge in [-0.25, -0.2) is 0 Å². The van der Waals surface area contributed by atoms with Gasteiger partial charge in [0.1, 0.15) is 4.32 Å². The van der Waals surface area contributed by atoms with Gasteiger partial charge in [-0.2, -0.15) is 0 Å². The number of nitrogens with one attached hydrogen (secondary N) is 2. The minimum Gasteiger partial charge on any atom is -0.293 e. The van der Waals surface area contributed by atoms with Crippen molar-refractivity contribution < 1.29 is 14.4 Å². The number of hydrogen-bond acceptors (Lipinski definition) is 6. The van der Waals surface area contributed by atoms with E-state index in [1.807, 2.05) is 36.4 Å². The van der Waals surface area contributed by atoms with Gasteiger partial charge in [-0.3, -0.25) is 35.1 Å². The lowest BCUT2D eigenvalue weighted by molar-refractivity contribution is -0.123. The maximum Gasteiger partial charge on any atom is 0.269 e. The number of carbonyl (C=O) groups excluding carboxylic acids is 3. The van der Waals surface area contributed by atoms with Crippen molar-refractivity contribution >= 4 is 52.1 Å². The van der Waals surface area contributed by atoms with E-state index in [0.29, 0.717) is 27.8 Å². The van der Waals surface area contributed by atoms with Crippen LogP contribution in [0, 0.1) is 0 Å². The molecule has 1 aromatic carbocycles. The fourth-order valence-electron chi connectivity index (χ4n) is 2.89. The van der Waals surface area contributed by atoms with Crippen molar-refractivity contribution in [2.75, 3.05) is 6.54 Å². The summed E-state index contributed by atoms with van der Waals surface area (Å²) in [6.45, 7) is 0.525. The van der Waals surface area contributed by atoms with Crippen LogP contribution in [0.2, 0.25) is 0 Å². The number of carbonyl (C=O) groups is 3. The van der Waals surface area contributed by atoms with Crippen molar-refractivity contribution in [3.05, 3.63) is 70.9 Å². The van der Waals surface area contributed by atoms with Crippen LogP contribution < -0.4 is 10.9 Å². The molecule has 0 saturated carbocycles. The van der Waals surface area contributed by atoms with Crippen molar-refractivity contribution in [2.45, 2.75) is 25.7 Å². The molecule has 2 N–H and O–H groups in total. The Morgan fingerprint density at radius 2 is 1.77 bits per heavy atom. The first kappa shape index (κ1) is 22.6. The average Bonchev–Trinajstić information content (AvgIpc) is 3.05. The summed E-state index contributed by atoms with van der Waals surface area (Å²) in [5, 5.41) is 0. The van der Waals surface area contributed by atoms with Gasteiger partial charge in [-0.1, -0.05) is 60.7 Å². The van der Waals surface area contributed by atoms with Crippen molar-refractivity contribution in [1.29, 1.82) is 0 Å². The smallest absolute Gasteiger partial charge is 0.269 e. The van der Waals surface area contributed by atoms with E-state index in [0.717, 1.165) is 18.4 Å². The normalized spacial score (nSPS) is 14.7. The summed E-state index contributed by atoms with van der Waals surface area (Å²) < 4.78 is 0.559. The van der Waals surface area contributed by atoms with Crippen LogP contribution in [0.3, 0.4) is 0 Å². The molecule has 0 atom stereocenters. The molecule has 1 aromatic heterocycles. The van der Waals surface area contributed by atoms with Crippen LogP contribution in [-0.4, -0.2) is 38.5 Å². The Morgan fingerprint density at radius 3 is 2.52 bits per heavy atom. The number of aromatic nitrogens is 1. The zero-order chi connectivity index (χ0) is 22.1. The Labute approximate surface area is 190 Å². The minimum atomic E-state index is -0.395. The number of thiocarbonyl (C=S) groups is 1. The molecule has 7 nitrogen and oxygen atoms in total. The molecule has 9 heteroatoms. The van der Waals surface area contributed by atoms with E-state index in [1.165, 1.54) is 24.2 Å². The highest BCUT2D eigenvalue weighted by Crippen LogP contribution is 2.32. The van der Waals surface area contributed by atoms with Gasteiger partial charge in [-0.05, 0) is 36.6 Å². The van der Waals surface area contributed by atoms with E-state index in [-0.39, 0.29) is 18.2 Å². The first-order chi connectivity index (χ1) is 15.0. The topological polar surface area (TPSA) is 91.4 Å². The van der Waals surface area contributed by atoms with Gasteiger partial charge >= 0.3 is 0 Å². The number of hydrogen-bond donors (Lipinski definition) is 2. The maximum absolute atomic E-state index is 12.6. The third-order valence-electron chi connectivity index (χ3n) is 4.51. The predicted octanol–water partition coefficient (Wildman–Crippen LogP) is 3.30. The van der Waals surface area contributed by atoms with Gasteiger partial charge in [-0.15, -0.1) is 0 Å². The molecule has 1 fully saturated rings. The first-order valence-corrected chi connectivity index (χ1v) is 11.1. The fraction of sp³-hybridized carbons (Fsp3) is 0.227. The third kappa shape index (κ3) is 6.73. The lowest BCUT2D eigenvalue weighted by Gasteiger charge is -2.14. The monoisotopic (exact) mass is 454 g/mol. The maximum atomic E-state index is 12.6. The summed E-state index contributed by atoms with van der Waals surface area (Å²) in [6.07, 6.45) is 7.29. The van der Waals surface area contributed by atoms with E-state index in [4.69, 9.17) is 12.2 Å². The molecule has 0 radical (unpaired) electrons. The summed E-state index contributed by atoms with van der Waals surface area (Å²) in [6, 6.07) is 12.8. The summed E-state index contributed by atoms with van der Waals surface area (Å²) >= 11 is 6.66. The molecule has 0 bridgehead atoms. The van der Waals surface area contributed by atoms with Crippen LogP contribution in [0.4, 0.5) is 0 Å². The number of amides is 3. The second-order valence-electron chi connectivity index (χ2n) is 6.79. The number of pyridine rings is 1. The molecule has 3 rings (SSSR count). The molecule has 1 aliphatic rings. The Bertz CT molecular complexity index is 981. The van der Waals surface area contributed by atoms with Crippen LogP contribution >= 0.6 is 24.0 Å². The summed E-state index contributed by atoms with van der Waals surface area (Å²) in [5.74, 6) is -0.733. The second-order valence-corrected chi connectivity index (χ2v) is 8.47. The van der Waals surface area contributed by atoms with Gasteiger partial charge in [0.15, 0.2) is 0 Å². The van der Waals surface area contributed by atoms with E-state index in [2.05, 4.69) is 15.8 Å². The highest BCUT2D eigenvalue weighted by atomic mass is 32.2. The standard InChI is InChI=1S/C22H22N4O3S2/c27-19(24-25-20(28)17-10-12-23-13-11-17)9-5-2-6-14-26-21(29)18(31-22(26)30)15-16-7-3-1-4-8-16/h1,3-4,7-8,10-13,15H,2,5-6,9,14H2,(H,24,27)(H,25,28). The highest BCUT2D eigenvalue weighted by molar-refractivity contribution is 8.26. The van der Waals surface area contributed by atoms with Crippen molar-refractivity contribution in [2.24, 2.45) is 0 Å². The van der Waals surface area contributed by atoms with Crippen LogP contribution in [0.1, 0.15) is 41.6 Å². The Morgan fingerprint density at radius 1 is 1.03 bits per heavy atom. The summed E-state index contributed by atoms with van der Waals surface area (Å²) in [7, 11) is 0. The zero-order valence-electron chi connectivity index (χ0n) is 16.7. The van der Waals surface area contributed by atoms with E-state index >= 15 is 0 Å². The summed E-state index contributed by atoms with van der Waals surface area (Å²) in [5.41, 5.74) is 6.16. The molecule has 1 aliphatic heterocycles. The molecule has 2 aromatic rings. The quantitative estimate of drug-likeness (QED) is 0.275. The first-order valence-electron chi connectivity index (χ1n) is 9.84. The molecule has 31 heavy (non-hydrogen) atoms. The SMILES string of the molecule is O=C(CCCCCN1C(=O)C(=Cc2ccccc2)SC1=S)NNC(=O)c1ccncc1. The van der Waals surface area contributed by atoms with Crippen LogP contribution in [-0.2, 0) is 9.59 Å². The molecule has 2 heterocycles. The van der Waals surface area contributed by atoms with Gasteiger partial charge in [0.05, 0.1) is 4.91 Å². The van der Waals surface area contributed by atoms with Crippen molar-refractivity contribution in [3.63, 3.8) is 0 Å². The zero-order valence-corrected chi connectivity index (χ0v) is 18.4. The Hall–Kier alpha value is -3.04. The van der Waals surface area contributed by atoms with Gasteiger partial charge in [0.25, 0.3) is 11.8 Å². The predicted molar refractivity (Wildman–Crippen MR) is 125 cm³/mol. The number of nitrogens with zero attached hydrogens (tertiary/aromatic N) is 2. The van der Waals surface area contributed by atoms with Crippen molar-refractivity contribution in [1.82, 2.24) is 20.7 Å². The molecule has 0 spiro atoms. The number of rotatable bonds is 8. The number of unbranched alkanes of at least 4 members (excludes halogenated alkanes) is 2. The molecule has 0 unspecified atom stereocenters. The molecule has 1 saturated heterocycles. The van der Waals surface area contributed by atoms with E-state index in [1.54, 1.807) is 17.0 Å². The molecule has 160 valence electrons. The van der Waals surface area contributed by atoms with Crippen LogP contribution in [0.5, 0.6) is 0 Å². The lowest BCUT2D eigenvalue weighted by atomic mass is 10.2. The average molecular weight is 455 g/mol. The van der Waals surface area contributed by atoms with Crippen LogP contribution in [0.15, 0.2) is 59.8 Å². The number of hydrazine groups is 1. The van der Waals surface area contributed by atoms with Crippen molar-refractivity contribution in [3.8, 4) is 0 Å². The summed E-state index contributed by atoms with van der Waals surface area (Å²) in [4.78, 5) is 42.4. The lowest BCUT2D eigenvalue weighted by Crippen LogP contribution is -2.41. The van der Waals surface area contributed by atoms with Crippen LogP contribution in [0.25, 0.3) is 6.08 Å². The number of thioether (sulfide) groups is 1. The Kier molecular flexibility index (Phi) is 8.31. The molecular weight excluding hydrogens is 432 g/mol. The largest absolute Gasteiger partial charge is 0.293 e. The van der Waals surface area contributed by atoms with Gasteiger partial charge < -0.3 is 0 Å². The minimum absolute atomic E-state index is 0.0737. The fourth-order valence-corrected chi connectivity index (χ4v) is 4.20. The Balaban J connectivity index is 1.34. The second kappa shape index (κ2) is 11.4. The molecule has 0 aliphatic carbocycles. The van der Waals surface area contributed by atoms with Gasteiger partial charge in [0, 0.05) is 30.9 Å². The highest BCUT2D eigenvalue weighted by Gasteiger charge is 2.31. The van der Waals surface area contributed by atoms with Gasteiger partial charge in [0.2, 0.25) is 5.91 Å². The molecular formula is C22H22N4O3S2. The van der Waals surface area contributed by atoms with E-state index in [9.17, 15) is 14.4 Å². The van der Waals surface area contributed by atoms with E-state index < -0.39 is 5.91 Å².